The molecule has 0 aliphatic rings. The zero-order valence-electron chi connectivity index (χ0n) is 11.1. The molecule has 0 aliphatic heterocycles. The van der Waals surface area contributed by atoms with Gasteiger partial charge in [0.1, 0.15) is 0 Å². The van der Waals surface area contributed by atoms with E-state index in [1.807, 2.05) is 0 Å². The Morgan fingerprint density at radius 2 is 2.10 bits per heavy atom. The van der Waals surface area contributed by atoms with Crippen molar-refractivity contribution >= 4 is 15.7 Å². The summed E-state index contributed by atoms with van der Waals surface area (Å²) in [5.41, 5.74) is -0.760. The van der Waals surface area contributed by atoms with Gasteiger partial charge in [-0.3, -0.25) is 10.1 Å². The standard InChI is InChI=1S/C12H15FN2O4S/c1-4-7-14(9(2)3)20(18,19)10-5-6-12(15(16)17)11(13)8-10/h4-6,8-9H,1,7H2,2-3H3. The van der Waals surface area contributed by atoms with Crippen molar-refractivity contribution in [2.75, 3.05) is 6.54 Å². The lowest BCUT2D eigenvalue weighted by Crippen LogP contribution is -2.37. The lowest BCUT2D eigenvalue weighted by Gasteiger charge is -2.24. The number of hydrogen-bond acceptors (Lipinski definition) is 4. The Labute approximate surface area is 116 Å². The molecule has 0 atom stereocenters. The van der Waals surface area contributed by atoms with Crippen LogP contribution in [0.15, 0.2) is 35.7 Å². The summed E-state index contributed by atoms with van der Waals surface area (Å²) in [5, 5.41) is 10.5. The van der Waals surface area contributed by atoms with Crippen LogP contribution in [0.4, 0.5) is 10.1 Å². The van der Waals surface area contributed by atoms with Gasteiger partial charge in [0.15, 0.2) is 0 Å². The summed E-state index contributed by atoms with van der Waals surface area (Å²) in [6.45, 7) is 6.88. The summed E-state index contributed by atoms with van der Waals surface area (Å²) in [7, 11) is -3.93. The molecule has 0 fully saturated rings. The molecule has 20 heavy (non-hydrogen) atoms. The topological polar surface area (TPSA) is 80.5 Å². The van der Waals surface area contributed by atoms with Crippen molar-refractivity contribution in [1.82, 2.24) is 4.31 Å². The van der Waals surface area contributed by atoms with Crippen molar-refractivity contribution in [2.24, 2.45) is 0 Å². The second kappa shape index (κ2) is 6.10. The third-order valence-corrected chi connectivity index (χ3v) is 4.65. The maximum Gasteiger partial charge on any atom is 0.304 e. The summed E-state index contributed by atoms with van der Waals surface area (Å²) < 4.78 is 39.3. The van der Waals surface area contributed by atoms with Gasteiger partial charge in [-0.25, -0.2) is 8.42 Å². The molecule has 1 aromatic rings. The minimum atomic E-state index is -3.93. The van der Waals surface area contributed by atoms with Crippen LogP contribution in [-0.2, 0) is 10.0 Å². The van der Waals surface area contributed by atoms with Gasteiger partial charge in [-0.1, -0.05) is 6.08 Å². The monoisotopic (exact) mass is 302 g/mol. The molecule has 0 spiro atoms. The first-order chi connectivity index (χ1) is 9.21. The highest BCUT2D eigenvalue weighted by Gasteiger charge is 2.28. The van der Waals surface area contributed by atoms with Gasteiger partial charge in [0.2, 0.25) is 15.8 Å². The minimum absolute atomic E-state index is 0.0681. The van der Waals surface area contributed by atoms with Gasteiger partial charge < -0.3 is 0 Å². The molecule has 0 heterocycles. The van der Waals surface area contributed by atoms with E-state index in [-0.39, 0.29) is 17.5 Å². The molecule has 0 aromatic heterocycles. The number of halogens is 1. The SMILES string of the molecule is C=CCN(C(C)C)S(=O)(=O)c1ccc([N+](=O)[O-])c(F)c1. The molecular formula is C12H15FN2O4S. The van der Waals surface area contributed by atoms with E-state index in [1.165, 1.54) is 6.08 Å². The van der Waals surface area contributed by atoms with Gasteiger partial charge in [0.25, 0.3) is 0 Å². The molecule has 0 bridgehead atoms. The first kappa shape index (κ1) is 16.3. The van der Waals surface area contributed by atoms with Crippen LogP contribution in [0, 0.1) is 15.9 Å². The molecule has 0 radical (unpaired) electrons. The second-order valence-electron chi connectivity index (χ2n) is 4.33. The van der Waals surface area contributed by atoms with Crippen LogP contribution in [0.25, 0.3) is 0 Å². The third kappa shape index (κ3) is 3.20. The van der Waals surface area contributed by atoms with E-state index in [4.69, 9.17) is 0 Å². The van der Waals surface area contributed by atoms with Gasteiger partial charge in [-0.2, -0.15) is 8.70 Å². The Morgan fingerprint density at radius 3 is 2.50 bits per heavy atom. The Balaban J connectivity index is 3.31. The number of benzene rings is 1. The van der Waals surface area contributed by atoms with Crippen molar-refractivity contribution in [1.29, 1.82) is 0 Å². The highest BCUT2D eigenvalue weighted by atomic mass is 32.2. The lowest BCUT2D eigenvalue weighted by molar-refractivity contribution is -0.387. The zero-order valence-corrected chi connectivity index (χ0v) is 11.9. The quantitative estimate of drug-likeness (QED) is 0.459. The molecule has 0 saturated heterocycles. The van der Waals surface area contributed by atoms with Crippen LogP contribution in [0.3, 0.4) is 0 Å². The second-order valence-corrected chi connectivity index (χ2v) is 6.22. The van der Waals surface area contributed by atoms with Gasteiger partial charge >= 0.3 is 5.69 Å². The van der Waals surface area contributed by atoms with Crippen LogP contribution in [0.1, 0.15) is 13.8 Å². The summed E-state index contributed by atoms with van der Waals surface area (Å²) in [5.74, 6) is -1.18. The third-order valence-electron chi connectivity index (χ3n) is 2.61. The van der Waals surface area contributed by atoms with E-state index in [0.29, 0.717) is 6.07 Å². The predicted molar refractivity (Wildman–Crippen MR) is 72.3 cm³/mol. The van der Waals surface area contributed by atoms with Crippen molar-refractivity contribution in [2.45, 2.75) is 24.8 Å². The van der Waals surface area contributed by atoms with Gasteiger partial charge in [0, 0.05) is 24.7 Å². The maximum atomic E-state index is 13.5. The normalized spacial score (nSPS) is 11.8. The van der Waals surface area contributed by atoms with Gasteiger partial charge in [-0.05, 0) is 19.9 Å². The van der Waals surface area contributed by atoms with Crippen LogP contribution in [0.5, 0.6) is 0 Å². The molecular weight excluding hydrogens is 287 g/mol. The Hall–Kier alpha value is -1.80. The number of hydrogen-bond donors (Lipinski definition) is 0. The Bertz CT molecular complexity index is 628. The van der Waals surface area contributed by atoms with E-state index < -0.39 is 26.5 Å². The van der Waals surface area contributed by atoms with Gasteiger partial charge in [-0.15, -0.1) is 6.58 Å². The largest absolute Gasteiger partial charge is 0.304 e. The summed E-state index contributed by atoms with van der Waals surface area (Å²) >= 11 is 0. The van der Waals surface area contributed by atoms with Crippen LogP contribution >= 0.6 is 0 Å². The van der Waals surface area contributed by atoms with E-state index in [2.05, 4.69) is 6.58 Å². The molecule has 1 rings (SSSR count). The first-order valence-electron chi connectivity index (χ1n) is 5.78. The number of nitro benzene ring substituents is 1. The Morgan fingerprint density at radius 1 is 1.50 bits per heavy atom. The van der Waals surface area contributed by atoms with Gasteiger partial charge in [0.05, 0.1) is 9.82 Å². The molecule has 0 aliphatic carbocycles. The molecule has 6 nitrogen and oxygen atoms in total. The van der Waals surface area contributed by atoms with Crippen LogP contribution in [0.2, 0.25) is 0 Å². The molecule has 0 saturated carbocycles. The fraction of sp³-hybridized carbons (Fsp3) is 0.333. The summed E-state index contributed by atoms with van der Waals surface area (Å²) in [6.07, 6.45) is 1.42. The number of nitro groups is 1. The average molecular weight is 302 g/mol. The average Bonchev–Trinajstić information content (AvgIpc) is 2.34. The molecule has 8 heteroatoms. The fourth-order valence-electron chi connectivity index (χ4n) is 1.65. The number of nitrogens with zero attached hydrogens (tertiary/aromatic N) is 2. The molecule has 0 unspecified atom stereocenters. The first-order valence-corrected chi connectivity index (χ1v) is 7.22. The zero-order chi connectivity index (χ0) is 15.5. The van der Waals surface area contributed by atoms with Crippen molar-refractivity contribution in [3.8, 4) is 0 Å². The molecule has 0 N–H and O–H groups in total. The molecule has 110 valence electrons. The fourth-order valence-corrected chi connectivity index (χ4v) is 3.27. The van der Waals surface area contributed by atoms with E-state index >= 15 is 0 Å². The van der Waals surface area contributed by atoms with E-state index in [9.17, 15) is 22.9 Å². The highest BCUT2D eigenvalue weighted by Crippen LogP contribution is 2.24. The van der Waals surface area contributed by atoms with E-state index in [1.54, 1.807) is 13.8 Å². The minimum Gasteiger partial charge on any atom is -0.258 e. The lowest BCUT2D eigenvalue weighted by atomic mass is 10.3. The molecule has 1 aromatic carbocycles. The van der Waals surface area contributed by atoms with Crippen LogP contribution in [-0.4, -0.2) is 30.2 Å². The predicted octanol–water partition coefficient (Wildman–Crippen LogP) is 2.32. The van der Waals surface area contributed by atoms with Crippen LogP contribution < -0.4 is 0 Å². The highest BCUT2D eigenvalue weighted by molar-refractivity contribution is 7.89. The summed E-state index contributed by atoms with van der Waals surface area (Å²) in [6, 6.07) is 2.17. The Kier molecular flexibility index (Phi) is 4.96. The maximum absolute atomic E-state index is 13.5. The van der Waals surface area contributed by atoms with Crippen molar-refractivity contribution in [3.05, 3.63) is 46.8 Å². The summed E-state index contributed by atoms with van der Waals surface area (Å²) in [4.78, 5) is 9.29. The molecule has 0 amide bonds. The van der Waals surface area contributed by atoms with Crippen molar-refractivity contribution in [3.63, 3.8) is 0 Å². The smallest absolute Gasteiger partial charge is 0.258 e. The number of sulfonamides is 1. The van der Waals surface area contributed by atoms with E-state index in [0.717, 1.165) is 16.4 Å². The van der Waals surface area contributed by atoms with Crippen molar-refractivity contribution < 1.29 is 17.7 Å². The number of rotatable bonds is 6.